The lowest BCUT2D eigenvalue weighted by Gasteiger charge is -2.12. The topological polar surface area (TPSA) is 19.5 Å². The van der Waals surface area contributed by atoms with Crippen LogP contribution in [0.3, 0.4) is 0 Å². The maximum Gasteiger partial charge on any atom is 0.225 e. The zero-order chi connectivity index (χ0) is 13.0. The van der Waals surface area contributed by atoms with Gasteiger partial charge in [-0.25, -0.2) is 4.57 Å². The van der Waals surface area contributed by atoms with Crippen molar-refractivity contribution in [2.45, 2.75) is 6.92 Å². The minimum Gasteiger partial charge on any atom is -0.268 e. The van der Waals surface area contributed by atoms with Gasteiger partial charge in [-0.3, -0.25) is 5.01 Å². The predicted octanol–water partition coefficient (Wildman–Crippen LogP) is 2.29. The molecule has 0 aliphatic rings. The maximum atomic E-state index is 4.44. The SMILES string of the molecule is Cc1ccc(N(C)/N=C/c2cccc[n+]2C)cc1. The van der Waals surface area contributed by atoms with Gasteiger partial charge in [0.15, 0.2) is 6.20 Å². The first-order chi connectivity index (χ1) is 8.66. The van der Waals surface area contributed by atoms with Gasteiger partial charge in [-0.05, 0) is 25.1 Å². The molecule has 18 heavy (non-hydrogen) atoms. The lowest BCUT2D eigenvalue weighted by molar-refractivity contribution is -0.672. The number of anilines is 1. The van der Waals surface area contributed by atoms with E-state index < -0.39 is 0 Å². The largest absolute Gasteiger partial charge is 0.268 e. The van der Waals surface area contributed by atoms with Crippen LogP contribution in [0.5, 0.6) is 0 Å². The Morgan fingerprint density at radius 3 is 2.50 bits per heavy atom. The van der Waals surface area contributed by atoms with Crippen molar-refractivity contribution in [1.82, 2.24) is 0 Å². The maximum absolute atomic E-state index is 4.44. The van der Waals surface area contributed by atoms with Crippen LogP contribution in [0.2, 0.25) is 0 Å². The molecular weight excluding hydrogens is 222 g/mol. The number of hydrogen-bond acceptors (Lipinski definition) is 2. The number of aryl methyl sites for hydroxylation is 2. The molecule has 0 spiro atoms. The molecule has 0 atom stereocenters. The van der Waals surface area contributed by atoms with Crippen molar-refractivity contribution in [3.63, 3.8) is 0 Å². The summed E-state index contributed by atoms with van der Waals surface area (Å²) in [6.45, 7) is 2.08. The van der Waals surface area contributed by atoms with E-state index in [-0.39, 0.29) is 0 Å². The summed E-state index contributed by atoms with van der Waals surface area (Å²) >= 11 is 0. The predicted molar refractivity (Wildman–Crippen MR) is 74.8 cm³/mol. The van der Waals surface area contributed by atoms with Crippen molar-refractivity contribution < 1.29 is 4.57 Å². The molecule has 2 rings (SSSR count). The van der Waals surface area contributed by atoms with Crippen LogP contribution in [0.25, 0.3) is 0 Å². The van der Waals surface area contributed by atoms with Gasteiger partial charge in [0.2, 0.25) is 5.69 Å². The molecule has 0 saturated heterocycles. The summed E-state index contributed by atoms with van der Waals surface area (Å²) in [6.07, 6.45) is 3.87. The van der Waals surface area contributed by atoms with Gasteiger partial charge in [-0.1, -0.05) is 17.7 Å². The van der Waals surface area contributed by atoms with E-state index in [2.05, 4.69) is 36.3 Å². The van der Waals surface area contributed by atoms with Crippen LogP contribution in [-0.4, -0.2) is 13.3 Å². The van der Waals surface area contributed by atoms with Gasteiger partial charge in [0.05, 0.1) is 5.69 Å². The average molecular weight is 240 g/mol. The molecule has 0 aliphatic heterocycles. The molecular formula is C15H18N3+. The summed E-state index contributed by atoms with van der Waals surface area (Å²) in [5, 5.41) is 6.31. The smallest absolute Gasteiger partial charge is 0.225 e. The zero-order valence-corrected chi connectivity index (χ0v) is 11.0. The van der Waals surface area contributed by atoms with Gasteiger partial charge < -0.3 is 0 Å². The monoisotopic (exact) mass is 240 g/mol. The van der Waals surface area contributed by atoms with E-state index in [1.807, 2.05) is 54.3 Å². The van der Waals surface area contributed by atoms with Gasteiger partial charge in [0.1, 0.15) is 13.3 Å². The fraction of sp³-hybridized carbons (Fsp3) is 0.200. The van der Waals surface area contributed by atoms with Crippen LogP contribution in [0.4, 0.5) is 5.69 Å². The number of hydrazone groups is 1. The van der Waals surface area contributed by atoms with Crippen molar-refractivity contribution in [1.29, 1.82) is 0 Å². The zero-order valence-electron chi connectivity index (χ0n) is 11.0. The van der Waals surface area contributed by atoms with Crippen LogP contribution in [-0.2, 0) is 7.05 Å². The highest BCUT2D eigenvalue weighted by molar-refractivity contribution is 5.75. The van der Waals surface area contributed by atoms with Crippen molar-refractivity contribution in [3.8, 4) is 0 Å². The van der Waals surface area contributed by atoms with Gasteiger partial charge in [-0.15, -0.1) is 0 Å². The van der Waals surface area contributed by atoms with Crippen LogP contribution in [0.1, 0.15) is 11.3 Å². The highest BCUT2D eigenvalue weighted by atomic mass is 15.4. The van der Waals surface area contributed by atoms with E-state index in [9.17, 15) is 0 Å². The number of hydrogen-bond donors (Lipinski definition) is 0. The second-order valence-electron chi connectivity index (χ2n) is 4.34. The summed E-state index contributed by atoms with van der Waals surface area (Å²) in [4.78, 5) is 0. The molecule has 2 aromatic rings. The number of pyridine rings is 1. The van der Waals surface area contributed by atoms with E-state index in [1.54, 1.807) is 0 Å². The second-order valence-corrected chi connectivity index (χ2v) is 4.34. The van der Waals surface area contributed by atoms with E-state index in [0.717, 1.165) is 11.4 Å². The molecule has 3 nitrogen and oxygen atoms in total. The van der Waals surface area contributed by atoms with Crippen molar-refractivity contribution in [2.24, 2.45) is 12.1 Å². The van der Waals surface area contributed by atoms with Gasteiger partial charge in [-0.2, -0.15) is 5.10 Å². The Hall–Kier alpha value is -2.16. The third-order valence-electron chi connectivity index (χ3n) is 2.87. The van der Waals surface area contributed by atoms with Gasteiger partial charge in [0.25, 0.3) is 0 Å². The Kier molecular flexibility index (Phi) is 3.72. The van der Waals surface area contributed by atoms with Crippen LogP contribution >= 0.6 is 0 Å². The van der Waals surface area contributed by atoms with E-state index >= 15 is 0 Å². The van der Waals surface area contributed by atoms with Crippen LogP contribution < -0.4 is 9.58 Å². The summed E-state index contributed by atoms with van der Waals surface area (Å²) in [6, 6.07) is 14.4. The molecule has 0 bridgehead atoms. The Bertz CT molecular complexity index is 544. The number of rotatable bonds is 3. The highest BCUT2D eigenvalue weighted by Gasteiger charge is 2.02. The first kappa shape index (κ1) is 12.3. The third-order valence-corrected chi connectivity index (χ3v) is 2.87. The standard InChI is InChI=1S/C15H18N3/c1-13-7-9-14(10-8-13)18(3)16-12-15-6-4-5-11-17(15)2/h4-12H,1-3H3/q+1. The molecule has 0 fully saturated rings. The normalized spacial score (nSPS) is 10.8. The second kappa shape index (κ2) is 5.45. The molecule has 0 unspecified atom stereocenters. The molecule has 1 heterocycles. The Morgan fingerprint density at radius 1 is 1.11 bits per heavy atom. The minimum atomic E-state index is 1.07. The molecule has 0 saturated carbocycles. The Morgan fingerprint density at radius 2 is 1.83 bits per heavy atom. The first-order valence-electron chi connectivity index (χ1n) is 5.96. The molecule has 0 radical (unpaired) electrons. The molecule has 1 aromatic carbocycles. The van der Waals surface area contributed by atoms with Gasteiger partial charge in [0, 0.05) is 19.2 Å². The molecule has 0 amide bonds. The molecule has 0 N–H and O–H groups in total. The molecule has 0 aliphatic carbocycles. The van der Waals surface area contributed by atoms with Crippen molar-refractivity contribution in [2.75, 3.05) is 12.1 Å². The number of nitrogens with zero attached hydrogens (tertiary/aromatic N) is 3. The first-order valence-corrected chi connectivity index (χ1v) is 5.96. The lowest BCUT2D eigenvalue weighted by atomic mass is 10.2. The van der Waals surface area contributed by atoms with E-state index in [0.29, 0.717) is 0 Å². The molecule has 3 heteroatoms. The summed E-state index contributed by atoms with van der Waals surface area (Å²) in [5.41, 5.74) is 3.40. The summed E-state index contributed by atoms with van der Waals surface area (Å²) in [5.74, 6) is 0. The fourth-order valence-electron chi connectivity index (χ4n) is 1.64. The lowest BCUT2D eigenvalue weighted by Crippen LogP contribution is -2.32. The summed E-state index contributed by atoms with van der Waals surface area (Å²) < 4.78 is 2.03. The quantitative estimate of drug-likeness (QED) is 0.458. The number of benzene rings is 1. The van der Waals surface area contributed by atoms with Crippen molar-refractivity contribution >= 4 is 11.9 Å². The van der Waals surface area contributed by atoms with Crippen LogP contribution in [0.15, 0.2) is 53.8 Å². The van der Waals surface area contributed by atoms with Crippen LogP contribution in [0, 0.1) is 6.92 Å². The third kappa shape index (κ3) is 2.94. The fourth-order valence-corrected chi connectivity index (χ4v) is 1.64. The highest BCUT2D eigenvalue weighted by Crippen LogP contribution is 2.13. The minimum absolute atomic E-state index is 1.07. The molecule has 92 valence electrons. The van der Waals surface area contributed by atoms with E-state index in [1.165, 1.54) is 5.56 Å². The average Bonchev–Trinajstić information content (AvgIpc) is 2.38. The van der Waals surface area contributed by atoms with Gasteiger partial charge >= 0.3 is 0 Å². The molecule has 1 aromatic heterocycles. The van der Waals surface area contributed by atoms with E-state index in [4.69, 9.17) is 0 Å². The van der Waals surface area contributed by atoms with Crippen molar-refractivity contribution in [3.05, 3.63) is 59.9 Å². The Balaban J connectivity index is 2.14. The Labute approximate surface area is 108 Å². The summed E-state index contributed by atoms with van der Waals surface area (Å²) in [7, 11) is 3.96. The number of aromatic nitrogens is 1.